The molecule has 0 aliphatic carbocycles. The molecule has 2 aromatic carbocycles. The Labute approximate surface area is 177 Å². The van der Waals surface area contributed by atoms with Gasteiger partial charge in [-0.05, 0) is 50.6 Å². The summed E-state index contributed by atoms with van der Waals surface area (Å²) < 4.78 is 11.6. The number of amides is 3. The fourth-order valence-corrected chi connectivity index (χ4v) is 3.51. The van der Waals surface area contributed by atoms with E-state index >= 15 is 0 Å². The van der Waals surface area contributed by atoms with Crippen LogP contribution in [-0.4, -0.2) is 24.6 Å². The summed E-state index contributed by atoms with van der Waals surface area (Å²) in [6.45, 7) is 8.20. The number of anilines is 1. The Bertz CT molecular complexity index is 929. The molecule has 1 aliphatic heterocycles. The van der Waals surface area contributed by atoms with Gasteiger partial charge in [0.1, 0.15) is 17.6 Å². The van der Waals surface area contributed by atoms with Crippen LogP contribution in [-0.2, 0) is 17.8 Å². The summed E-state index contributed by atoms with van der Waals surface area (Å²) in [6, 6.07) is 10.8. The zero-order chi connectivity index (χ0) is 21.7. The van der Waals surface area contributed by atoms with Gasteiger partial charge in [0.05, 0.1) is 12.6 Å². The molecule has 2 atom stereocenters. The number of hydrogen-bond acceptors (Lipinski definition) is 4. The Balaban J connectivity index is 1.62. The van der Waals surface area contributed by atoms with Crippen molar-refractivity contribution in [2.24, 2.45) is 0 Å². The molecule has 2 aromatic rings. The summed E-state index contributed by atoms with van der Waals surface area (Å²) in [7, 11) is 0. The minimum atomic E-state index is -0.287. The van der Waals surface area contributed by atoms with Gasteiger partial charge >= 0.3 is 6.03 Å². The molecule has 3 N–H and O–H groups in total. The molecule has 3 rings (SSSR count). The minimum absolute atomic E-state index is 0.136. The molecule has 0 aromatic heterocycles. The summed E-state index contributed by atoms with van der Waals surface area (Å²) in [5, 5.41) is 8.56. The SMILES string of the molecule is CCOc1cc2c(cc1CNC(=O)N[C@@H](C)c1cccc(NC(C)=O)c1)O[C@@H](C)C2. The van der Waals surface area contributed by atoms with Crippen LogP contribution in [0.15, 0.2) is 36.4 Å². The molecule has 0 saturated carbocycles. The second-order valence-corrected chi connectivity index (χ2v) is 7.49. The number of nitrogens with one attached hydrogen (secondary N) is 3. The molecule has 1 heterocycles. The monoisotopic (exact) mass is 411 g/mol. The van der Waals surface area contributed by atoms with Crippen LogP contribution in [0.25, 0.3) is 0 Å². The van der Waals surface area contributed by atoms with E-state index in [1.165, 1.54) is 6.92 Å². The van der Waals surface area contributed by atoms with E-state index in [1.807, 2.05) is 57.2 Å². The minimum Gasteiger partial charge on any atom is -0.494 e. The molecular weight excluding hydrogens is 382 g/mol. The van der Waals surface area contributed by atoms with Crippen molar-refractivity contribution >= 4 is 17.6 Å². The van der Waals surface area contributed by atoms with Crippen LogP contribution < -0.4 is 25.4 Å². The second kappa shape index (κ2) is 9.52. The highest BCUT2D eigenvalue weighted by atomic mass is 16.5. The summed E-state index contributed by atoms with van der Waals surface area (Å²) >= 11 is 0. The molecule has 0 fully saturated rings. The van der Waals surface area contributed by atoms with Gasteiger partial charge in [-0.2, -0.15) is 0 Å². The molecule has 3 amide bonds. The number of hydrogen-bond donors (Lipinski definition) is 3. The van der Waals surface area contributed by atoms with E-state index in [0.29, 0.717) is 18.8 Å². The van der Waals surface area contributed by atoms with E-state index in [1.54, 1.807) is 0 Å². The Morgan fingerprint density at radius 2 is 2.07 bits per heavy atom. The summed E-state index contributed by atoms with van der Waals surface area (Å²) in [5.41, 5.74) is 3.60. The quantitative estimate of drug-likeness (QED) is 0.644. The van der Waals surface area contributed by atoms with Gasteiger partial charge in [0, 0.05) is 36.7 Å². The van der Waals surface area contributed by atoms with E-state index in [0.717, 1.165) is 34.6 Å². The van der Waals surface area contributed by atoms with Crippen molar-refractivity contribution in [1.29, 1.82) is 0 Å². The van der Waals surface area contributed by atoms with Gasteiger partial charge in [-0.15, -0.1) is 0 Å². The fraction of sp³-hybridized carbons (Fsp3) is 0.391. The molecular formula is C23H29N3O4. The number of rotatable bonds is 7. The van der Waals surface area contributed by atoms with E-state index in [-0.39, 0.29) is 24.1 Å². The van der Waals surface area contributed by atoms with E-state index < -0.39 is 0 Å². The van der Waals surface area contributed by atoms with Crippen LogP contribution in [0.4, 0.5) is 10.5 Å². The van der Waals surface area contributed by atoms with Crippen LogP contribution in [0.5, 0.6) is 11.5 Å². The average Bonchev–Trinajstić information content (AvgIpc) is 3.05. The van der Waals surface area contributed by atoms with E-state index in [2.05, 4.69) is 16.0 Å². The number of carbonyl (C=O) groups excluding carboxylic acids is 2. The van der Waals surface area contributed by atoms with Crippen LogP contribution in [0.3, 0.4) is 0 Å². The molecule has 0 spiro atoms. The first kappa shape index (κ1) is 21.5. The predicted octanol–water partition coefficient (Wildman–Crippen LogP) is 3.93. The maximum atomic E-state index is 12.5. The first-order chi connectivity index (χ1) is 14.4. The summed E-state index contributed by atoms with van der Waals surface area (Å²) in [5.74, 6) is 1.49. The topological polar surface area (TPSA) is 88.7 Å². The third-order valence-corrected chi connectivity index (χ3v) is 4.87. The molecule has 0 radical (unpaired) electrons. The number of benzene rings is 2. The molecule has 30 heavy (non-hydrogen) atoms. The lowest BCUT2D eigenvalue weighted by atomic mass is 10.1. The maximum Gasteiger partial charge on any atom is 0.315 e. The van der Waals surface area contributed by atoms with Gasteiger partial charge in [0.25, 0.3) is 0 Å². The van der Waals surface area contributed by atoms with Gasteiger partial charge in [-0.3, -0.25) is 4.79 Å². The van der Waals surface area contributed by atoms with Crippen LogP contribution >= 0.6 is 0 Å². The Morgan fingerprint density at radius 3 is 2.80 bits per heavy atom. The van der Waals surface area contributed by atoms with E-state index in [9.17, 15) is 9.59 Å². The van der Waals surface area contributed by atoms with E-state index in [4.69, 9.17) is 9.47 Å². The lowest BCUT2D eigenvalue weighted by molar-refractivity contribution is -0.114. The summed E-state index contributed by atoms with van der Waals surface area (Å²) in [6.07, 6.45) is 1.01. The largest absolute Gasteiger partial charge is 0.494 e. The van der Waals surface area contributed by atoms with Crippen LogP contribution in [0.1, 0.15) is 50.4 Å². The molecule has 7 heteroatoms. The number of fused-ring (bicyclic) bond motifs is 1. The van der Waals surface area contributed by atoms with Crippen molar-refractivity contribution in [2.45, 2.75) is 52.8 Å². The summed E-state index contributed by atoms with van der Waals surface area (Å²) in [4.78, 5) is 23.7. The van der Waals surface area contributed by atoms with Gasteiger partial charge in [-0.1, -0.05) is 12.1 Å². The molecule has 7 nitrogen and oxygen atoms in total. The van der Waals surface area contributed by atoms with Crippen LogP contribution in [0.2, 0.25) is 0 Å². The molecule has 160 valence electrons. The normalized spacial score (nSPS) is 15.5. The standard InChI is InChI=1S/C23H29N3O4/c1-5-29-21-11-18-9-14(2)30-22(18)12-19(21)13-24-23(28)25-15(3)17-7-6-8-20(10-17)26-16(4)27/h6-8,10-12,14-15H,5,9,13H2,1-4H3,(H,26,27)(H2,24,25,28)/t14-,15-/m0/s1. The van der Waals surface area contributed by atoms with Gasteiger partial charge in [0.15, 0.2) is 0 Å². The molecule has 0 unspecified atom stereocenters. The predicted molar refractivity (Wildman–Crippen MR) is 116 cm³/mol. The molecule has 0 bridgehead atoms. The smallest absolute Gasteiger partial charge is 0.315 e. The maximum absolute atomic E-state index is 12.5. The molecule has 1 aliphatic rings. The number of ether oxygens (including phenoxy) is 2. The Hall–Kier alpha value is -3.22. The van der Waals surface area contributed by atoms with Gasteiger partial charge in [0.2, 0.25) is 5.91 Å². The lowest BCUT2D eigenvalue weighted by Gasteiger charge is -2.17. The number of urea groups is 1. The zero-order valence-corrected chi connectivity index (χ0v) is 17.9. The van der Waals surface area contributed by atoms with Crippen LogP contribution in [0, 0.1) is 0 Å². The Morgan fingerprint density at radius 1 is 1.27 bits per heavy atom. The average molecular weight is 412 g/mol. The first-order valence-electron chi connectivity index (χ1n) is 10.2. The number of carbonyl (C=O) groups is 2. The third-order valence-electron chi connectivity index (χ3n) is 4.87. The lowest BCUT2D eigenvalue weighted by Crippen LogP contribution is -2.36. The first-order valence-corrected chi connectivity index (χ1v) is 10.2. The van der Waals surface area contributed by atoms with Crippen molar-refractivity contribution in [3.05, 3.63) is 53.1 Å². The van der Waals surface area contributed by atoms with Crippen molar-refractivity contribution in [1.82, 2.24) is 10.6 Å². The highest BCUT2D eigenvalue weighted by Crippen LogP contribution is 2.35. The fourth-order valence-electron chi connectivity index (χ4n) is 3.51. The Kier molecular flexibility index (Phi) is 6.82. The molecule has 0 saturated heterocycles. The third kappa shape index (κ3) is 5.43. The highest BCUT2D eigenvalue weighted by molar-refractivity contribution is 5.88. The highest BCUT2D eigenvalue weighted by Gasteiger charge is 2.22. The van der Waals surface area contributed by atoms with Crippen molar-refractivity contribution in [3.8, 4) is 11.5 Å². The zero-order valence-electron chi connectivity index (χ0n) is 17.9. The second-order valence-electron chi connectivity index (χ2n) is 7.49. The van der Waals surface area contributed by atoms with Gasteiger partial charge in [-0.25, -0.2) is 4.79 Å². The van der Waals surface area contributed by atoms with Crippen molar-refractivity contribution < 1.29 is 19.1 Å². The van der Waals surface area contributed by atoms with Crippen molar-refractivity contribution in [2.75, 3.05) is 11.9 Å². The van der Waals surface area contributed by atoms with Gasteiger partial charge < -0.3 is 25.4 Å². The van der Waals surface area contributed by atoms with Crippen molar-refractivity contribution in [3.63, 3.8) is 0 Å².